The van der Waals surface area contributed by atoms with Crippen molar-refractivity contribution in [3.63, 3.8) is 0 Å². The number of methoxy groups -OCH3 is 1. The van der Waals surface area contributed by atoms with Gasteiger partial charge < -0.3 is 13.9 Å². The van der Waals surface area contributed by atoms with E-state index in [0.29, 0.717) is 17.3 Å². The molecular weight excluding hydrogens is 276 g/mol. The van der Waals surface area contributed by atoms with Gasteiger partial charge in [-0.25, -0.2) is 9.97 Å². The molecule has 0 atom stereocenters. The molecule has 0 saturated heterocycles. The van der Waals surface area contributed by atoms with Crippen LogP contribution in [-0.2, 0) is 6.54 Å². The maximum absolute atomic E-state index is 6.02. The Bertz CT molecular complexity index is 706. The van der Waals surface area contributed by atoms with Gasteiger partial charge in [-0.1, -0.05) is 11.6 Å². The van der Waals surface area contributed by atoms with Crippen LogP contribution in [0.25, 0.3) is 5.69 Å². The number of rotatable bonds is 4. The lowest BCUT2D eigenvalue weighted by molar-refractivity contribution is 0.415. The summed E-state index contributed by atoms with van der Waals surface area (Å²) in [5.74, 6) is 0.647. The van der Waals surface area contributed by atoms with Crippen molar-refractivity contribution in [2.24, 2.45) is 0 Å². The molecule has 0 fully saturated rings. The Morgan fingerprint density at radius 3 is 2.95 bits per heavy atom. The number of aromatic nitrogens is 4. The third-order valence-electron chi connectivity index (χ3n) is 2.97. The molecule has 6 heteroatoms. The fraction of sp³-hybridized carbons (Fsp3) is 0.143. The second-order valence-electron chi connectivity index (χ2n) is 4.33. The zero-order valence-electron chi connectivity index (χ0n) is 10.9. The molecule has 0 radical (unpaired) electrons. The zero-order valence-corrected chi connectivity index (χ0v) is 11.7. The highest BCUT2D eigenvalue weighted by Crippen LogP contribution is 2.26. The van der Waals surface area contributed by atoms with Gasteiger partial charge in [0, 0.05) is 24.7 Å². The van der Waals surface area contributed by atoms with Crippen LogP contribution in [0.3, 0.4) is 0 Å². The summed E-state index contributed by atoms with van der Waals surface area (Å²) >= 11 is 6.02. The molecule has 20 heavy (non-hydrogen) atoms. The molecule has 0 bridgehead atoms. The normalized spacial score (nSPS) is 10.7. The Balaban J connectivity index is 1.86. The monoisotopic (exact) mass is 288 g/mol. The largest absolute Gasteiger partial charge is 0.495 e. The highest BCUT2D eigenvalue weighted by Gasteiger charge is 2.05. The first-order valence-electron chi connectivity index (χ1n) is 6.09. The summed E-state index contributed by atoms with van der Waals surface area (Å²) in [5.41, 5.74) is 1.91. The van der Waals surface area contributed by atoms with E-state index in [-0.39, 0.29) is 0 Å². The molecule has 3 rings (SSSR count). The molecule has 102 valence electrons. The molecule has 0 N–H and O–H groups in total. The molecule has 0 saturated carbocycles. The number of hydrogen-bond acceptors (Lipinski definition) is 3. The van der Waals surface area contributed by atoms with Crippen LogP contribution in [0, 0.1) is 0 Å². The van der Waals surface area contributed by atoms with Crippen LogP contribution in [-0.4, -0.2) is 26.2 Å². The summed E-state index contributed by atoms with van der Waals surface area (Å²) in [6, 6.07) is 5.61. The molecule has 3 aromatic rings. The van der Waals surface area contributed by atoms with Gasteiger partial charge in [0.25, 0.3) is 0 Å². The van der Waals surface area contributed by atoms with E-state index >= 15 is 0 Å². The van der Waals surface area contributed by atoms with E-state index in [1.54, 1.807) is 26.0 Å². The molecule has 2 heterocycles. The minimum absolute atomic E-state index is 0.593. The van der Waals surface area contributed by atoms with E-state index in [0.717, 1.165) is 11.4 Å². The lowest BCUT2D eigenvalue weighted by Gasteiger charge is -2.06. The summed E-state index contributed by atoms with van der Waals surface area (Å²) in [4.78, 5) is 8.40. The molecule has 0 aliphatic heterocycles. The zero-order chi connectivity index (χ0) is 13.9. The molecule has 2 aromatic heterocycles. The Kier molecular flexibility index (Phi) is 3.43. The highest BCUT2D eigenvalue weighted by molar-refractivity contribution is 6.32. The van der Waals surface area contributed by atoms with Gasteiger partial charge >= 0.3 is 0 Å². The minimum Gasteiger partial charge on any atom is -0.495 e. The summed E-state index contributed by atoms with van der Waals surface area (Å²) in [5, 5.41) is 0.593. The van der Waals surface area contributed by atoms with Crippen molar-refractivity contribution in [3.05, 3.63) is 60.2 Å². The number of ether oxygens (including phenoxy) is 1. The average molecular weight is 289 g/mol. The van der Waals surface area contributed by atoms with Gasteiger partial charge in [-0.3, -0.25) is 0 Å². The Hall–Kier alpha value is -2.27. The molecule has 0 amide bonds. The van der Waals surface area contributed by atoms with Crippen molar-refractivity contribution in [1.82, 2.24) is 19.1 Å². The van der Waals surface area contributed by atoms with Crippen molar-refractivity contribution < 1.29 is 4.74 Å². The molecular formula is C14H13ClN4O. The topological polar surface area (TPSA) is 44.9 Å². The van der Waals surface area contributed by atoms with Crippen molar-refractivity contribution in [1.29, 1.82) is 0 Å². The van der Waals surface area contributed by atoms with Gasteiger partial charge in [-0.05, 0) is 12.1 Å². The summed E-state index contributed by atoms with van der Waals surface area (Å²) in [6.07, 6.45) is 9.17. The minimum atomic E-state index is 0.593. The third kappa shape index (κ3) is 2.53. The molecule has 0 aliphatic rings. The Morgan fingerprint density at radius 1 is 1.30 bits per heavy atom. The first-order valence-corrected chi connectivity index (χ1v) is 6.46. The predicted molar refractivity (Wildman–Crippen MR) is 76.5 cm³/mol. The standard InChI is InChI=1S/C14H13ClN4O/c1-20-14-6-12(2-3-13(14)15)19-8-11(17-10-19)7-18-5-4-16-9-18/h2-6,8-10H,7H2,1H3. The second kappa shape index (κ2) is 5.38. The molecule has 0 unspecified atom stereocenters. The van der Waals surface area contributed by atoms with Crippen LogP contribution in [0.5, 0.6) is 5.75 Å². The molecule has 1 aromatic carbocycles. The number of halogens is 1. The van der Waals surface area contributed by atoms with E-state index < -0.39 is 0 Å². The molecule has 0 aliphatic carbocycles. The highest BCUT2D eigenvalue weighted by atomic mass is 35.5. The lowest BCUT2D eigenvalue weighted by atomic mass is 10.3. The van der Waals surface area contributed by atoms with Gasteiger partial charge in [-0.2, -0.15) is 0 Å². The molecule has 5 nitrogen and oxygen atoms in total. The maximum atomic E-state index is 6.02. The molecule has 0 spiro atoms. The quantitative estimate of drug-likeness (QED) is 0.741. The number of benzene rings is 1. The van der Waals surface area contributed by atoms with Crippen LogP contribution in [0.15, 0.2) is 49.4 Å². The van der Waals surface area contributed by atoms with Gasteiger partial charge in [-0.15, -0.1) is 0 Å². The Labute approximate surface area is 121 Å². The number of imidazole rings is 2. The van der Waals surface area contributed by atoms with E-state index in [1.165, 1.54) is 0 Å². The van der Waals surface area contributed by atoms with Gasteiger partial charge in [0.05, 0.1) is 42.7 Å². The van der Waals surface area contributed by atoms with Crippen LogP contribution < -0.4 is 4.74 Å². The van der Waals surface area contributed by atoms with Gasteiger partial charge in [0.15, 0.2) is 0 Å². The average Bonchev–Trinajstić information content (AvgIpc) is 3.12. The summed E-state index contributed by atoms with van der Waals surface area (Å²) in [7, 11) is 1.60. The summed E-state index contributed by atoms with van der Waals surface area (Å²) in [6.45, 7) is 0.692. The fourth-order valence-corrected chi connectivity index (χ4v) is 2.16. The van der Waals surface area contributed by atoms with Crippen molar-refractivity contribution in [2.45, 2.75) is 6.54 Å². The van der Waals surface area contributed by atoms with Crippen LogP contribution >= 0.6 is 11.6 Å². The SMILES string of the molecule is COc1cc(-n2cnc(Cn3ccnc3)c2)ccc1Cl. The first kappa shape index (κ1) is 12.7. The number of hydrogen-bond donors (Lipinski definition) is 0. The van der Waals surface area contributed by atoms with Crippen LogP contribution in [0.4, 0.5) is 0 Å². The van der Waals surface area contributed by atoms with Crippen molar-refractivity contribution >= 4 is 11.6 Å². The van der Waals surface area contributed by atoms with Crippen LogP contribution in [0.2, 0.25) is 5.02 Å². The van der Waals surface area contributed by atoms with E-state index in [2.05, 4.69) is 9.97 Å². The van der Waals surface area contributed by atoms with Crippen molar-refractivity contribution in [2.75, 3.05) is 7.11 Å². The predicted octanol–water partition coefficient (Wildman–Crippen LogP) is 2.78. The van der Waals surface area contributed by atoms with E-state index in [1.807, 2.05) is 39.7 Å². The smallest absolute Gasteiger partial charge is 0.139 e. The maximum Gasteiger partial charge on any atom is 0.139 e. The summed E-state index contributed by atoms with van der Waals surface area (Å²) < 4.78 is 9.12. The fourth-order valence-electron chi connectivity index (χ4n) is 1.96. The van der Waals surface area contributed by atoms with Crippen LogP contribution in [0.1, 0.15) is 5.69 Å². The van der Waals surface area contributed by atoms with Gasteiger partial charge in [0.1, 0.15) is 5.75 Å². The number of nitrogens with zero attached hydrogens (tertiary/aromatic N) is 4. The van der Waals surface area contributed by atoms with E-state index in [9.17, 15) is 0 Å². The second-order valence-corrected chi connectivity index (χ2v) is 4.73. The third-order valence-corrected chi connectivity index (χ3v) is 3.28. The first-order chi connectivity index (χ1) is 9.76. The van der Waals surface area contributed by atoms with E-state index in [4.69, 9.17) is 16.3 Å². The van der Waals surface area contributed by atoms with Gasteiger partial charge in [0.2, 0.25) is 0 Å². The van der Waals surface area contributed by atoms with Crippen molar-refractivity contribution in [3.8, 4) is 11.4 Å². The lowest BCUT2D eigenvalue weighted by Crippen LogP contribution is -1.96. The Morgan fingerprint density at radius 2 is 2.20 bits per heavy atom.